The Balaban J connectivity index is 1.72. The van der Waals surface area contributed by atoms with Crippen LogP contribution in [0.2, 0.25) is 0 Å². The number of carbonyl (C=O) groups is 1. The highest BCUT2D eigenvalue weighted by Gasteiger charge is 2.42. The van der Waals surface area contributed by atoms with E-state index >= 15 is 0 Å². The van der Waals surface area contributed by atoms with Gasteiger partial charge in [0.05, 0.1) is 37.2 Å². The van der Waals surface area contributed by atoms with Crippen molar-refractivity contribution in [3.8, 4) is 0 Å². The highest BCUT2D eigenvalue weighted by Crippen LogP contribution is 2.30. The Morgan fingerprint density at radius 2 is 2.26 bits per heavy atom. The Hall–Kier alpha value is -1.63. The number of hydrogen-bond donors (Lipinski definition) is 0. The third-order valence-electron chi connectivity index (χ3n) is 3.30. The number of ether oxygens (including phenoxy) is 2. The van der Waals surface area contributed by atoms with Crippen molar-refractivity contribution in [3.63, 3.8) is 0 Å². The van der Waals surface area contributed by atoms with Gasteiger partial charge in [0.25, 0.3) is 0 Å². The van der Waals surface area contributed by atoms with Crippen LogP contribution in [0.3, 0.4) is 0 Å². The number of fused-ring (bicyclic) bond motifs is 3. The standard InChI is InChI=1S/C12H18N4O3/c1-12(2,3)19-11(17)15-5-9-10(6-15)18-7-8-4-13-14-16(8)9/h4,9-10H,5-7H2,1-3H3/t9-,10?/m0/s1. The third-order valence-corrected chi connectivity index (χ3v) is 3.30. The number of rotatable bonds is 0. The van der Waals surface area contributed by atoms with Crippen molar-refractivity contribution in [1.82, 2.24) is 19.9 Å². The summed E-state index contributed by atoms with van der Waals surface area (Å²) in [4.78, 5) is 13.7. The summed E-state index contributed by atoms with van der Waals surface area (Å²) < 4.78 is 13.0. The van der Waals surface area contributed by atoms with E-state index in [0.717, 1.165) is 5.69 Å². The molecule has 0 N–H and O–H groups in total. The van der Waals surface area contributed by atoms with Crippen LogP contribution in [-0.4, -0.2) is 50.8 Å². The molecule has 1 aromatic heterocycles. The number of hydrogen-bond acceptors (Lipinski definition) is 5. The molecule has 1 amide bonds. The summed E-state index contributed by atoms with van der Waals surface area (Å²) in [5, 5.41) is 7.97. The lowest BCUT2D eigenvalue weighted by Gasteiger charge is -2.25. The fraction of sp³-hybridized carbons (Fsp3) is 0.750. The summed E-state index contributed by atoms with van der Waals surface area (Å²) in [6.07, 6.45) is 1.38. The van der Waals surface area contributed by atoms with Crippen LogP contribution in [0.4, 0.5) is 4.79 Å². The summed E-state index contributed by atoms with van der Waals surface area (Å²) in [6, 6.07) is 0.0405. The number of aromatic nitrogens is 3. The Morgan fingerprint density at radius 1 is 1.47 bits per heavy atom. The fourth-order valence-corrected chi connectivity index (χ4v) is 2.47. The number of likely N-dealkylation sites (tertiary alicyclic amines) is 1. The average molecular weight is 266 g/mol. The van der Waals surface area contributed by atoms with E-state index in [4.69, 9.17) is 9.47 Å². The monoisotopic (exact) mass is 266 g/mol. The maximum Gasteiger partial charge on any atom is 0.410 e. The molecule has 0 aliphatic carbocycles. The second kappa shape index (κ2) is 4.19. The first-order valence-corrected chi connectivity index (χ1v) is 6.42. The molecular weight excluding hydrogens is 248 g/mol. The maximum absolute atomic E-state index is 12.1. The van der Waals surface area contributed by atoms with Gasteiger partial charge in [-0.3, -0.25) is 0 Å². The van der Waals surface area contributed by atoms with Crippen molar-refractivity contribution < 1.29 is 14.3 Å². The van der Waals surface area contributed by atoms with Gasteiger partial charge in [0.15, 0.2) is 0 Å². The highest BCUT2D eigenvalue weighted by atomic mass is 16.6. The lowest BCUT2D eigenvalue weighted by molar-refractivity contribution is -0.00742. The molecule has 1 saturated heterocycles. The summed E-state index contributed by atoms with van der Waals surface area (Å²) in [6.45, 7) is 7.17. The van der Waals surface area contributed by atoms with Crippen LogP contribution < -0.4 is 0 Å². The highest BCUT2D eigenvalue weighted by molar-refractivity contribution is 5.68. The molecule has 1 fully saturated rings. The lowest BCUT2D eigenvalue weighted by Crippen LogP contribution is -2.36. The Morgan fingerprint density at radius 3 is 3.00 bits per heavy atom. The van der Waals surface area contributed by atoms with Crippen molar-refractivity contribution >= 4 is 6.09 Å². The Labute approximate surface area is 111 Å². The van der Waals surface area contributed by atoms with Gasteiger partial charge in [-0.05, 0) is 20.8 Å². The van der Waals surface area contributed by atoms with Crippen LogP contribution in [-0.2, 0) is 16.1 Å². The van der Waals surface area contributed by atoms with E-state index in [1.807, 2.05) is 25.5 Å². The number of nitrogens with zero attached hydrogens (tertiary/aromatic N) is 4. The quantitative estimate of drug-likeness (QED) is 0.699. The Kier molecular flexibility index (Phi) is 2.74. The first-order valence-electron chi connectivity index (χ1n) is 6.42. The molecule has 3 heterocycles. The maximum atomic E-state index is 12.1. The van der Waals surface area contributed by atoms with Gasteiger partial charge < -0.3 is 14.4 Å². The molecule has 19 heavy (non-hydrogen) atoms. The van der Waals surface area contributed by atoms with Crippen molar-refractivity contribution in [2.24, 2.45) is 0 Å². The fourth-order valence-electron chi connectivity index (χ4n) is 2.47. The van der Waals surface area contributed by atoms with Gasteiger partial charge in [0.2, 0.25) is 0 Å². The van der Waals surface area contributed by atoms with E-state index in [9.17, 15) is 4.79 Å². The average Bonchev–Trinajstić information content (AvgIpc) is 2.92. The van der Waals surface area contributed by atoms with Crippen LogP contribution in [0.15, 0.2) is 6.20 Å². The minimum absolute atomic E-state index is 0.0262. The predicted octanol–water partition coefficient (Wildman–Crippen LogP) is 0.969. The minimum atomic E-state index is -0.482. The number of amides is 1. The lowest BCUT2D eigenvalue weighted by atomic mass is 10.2. The molecule has 0 saturated carbocycles. The van der Waals surface area contributed by atoms with Gasteiger partial charge in [0, 0.05) is 6.54 Å². The summed E-state index contributed by atoms with van der Waals surface area (Å²) in [5.41, 5.74) is 0.469. The predicted molar refractivity (Wildman–Crippen MR) is 65.4 cm³/mol. The molecular formula is C12H18N4O3. The molecule has 2 atom stereocenters. The largest absolute Gasteiger partial charge is 0.444 e. The molecule has 0 aromatic carbocycles. The van der Waals surface area contributed by atoms with Gasteiger partial charge >= 0.3 is 6.09 Å². The van der Waals surface area contributed by atoms with E-state index in [-0.39, 0.29) is 18.2 Å². The normalized spacial score (nSPS) is 25.9. The van der Waals surface area contributed by atoms with Crippen molar-refractivity contribution in [2.75, 3.05) is 13.1 Å². The van der Waals surface area contributed by atoms with E-state index < -0.39 is 5.60 Å². The van der Waals surface area contributed by atoms with Gasteiger partial charge in [0.1, 0.15) is 5.60 Å². The molecule has 1 aromatic rings. The number of carbonyl (C=O) groups excluding carboxylic acids is 1. The molecule has 0 radical (unpaired) electrons. The molecule has 7 nitrogen and oxygen atoms in total. The summed E-state index contributed by atoms with van der Waals surface area (Å²) in [5.74, 6) is 0. The zero-order valence-electron chi connectivity index (χ0n) is 11.4. The summed E-state index contributed by atoms with van der Waals surface area (Å²) >= 11 is 0. The molecule has 2 aliphatic heterocycles. The van der Waals surface area contributed by atoms with Gasteiger partial charge in [-0.1, -0.05) is 5.21 Å². The second-order valence-corrected chi connectivity index (χ2v) is 5.97. The van der Waals surface area contributed by atoms with Crippen LogP contribution in [0.25, 0.3) is 0 Å². The van der Waals surface area contributed by atoms with Crippen LogP contribution in [0, 0.1) is 0 Å². The molecule has 7 heteroatoms. The third kappa shape index (κ3) is 2.30. The second-order valence-electron chi connectivity index (χ2n) is 5.97. The molecule has 3 rings (SSSR count). The first kappa shape index (κ1) is 12.4. The smallest absolute Gasteiger partial charge is 0.410 e. The van der Waals surface area contributed by atoms with Crippen LogP contribution >= 0.6 is 0 Å². The molecule has 0 spiro atoms. The van der Waals surface area contributed by atoms with E-state index in [1.165, 1.54) is 0 Å². The van der Waals surface area contributed by atoms with Crippen LogP contribution in [0.5, 0.6) is 0 Å². The van der Waals surface area contributed by atoms with E-state index in [0.29, 0.717) is 19.7 Å². The van der Waals surface area contributed by atoms with Crippen molar-refractivity contribution in [2.45, 2.75) is 45.1 Å². The Bertz CT molecular complexity index is 493. The van der Waals surface area contributed by atoms with Crippen molar-refractivity contribution in [1.29, 1.82) is 0 Å². The zero-order chi connectivity index (χ0) is 13.6. The molecule has 104 valence electrons. The van der Waals surface area contributed by atoms with Gasteiger partial charge in [-0.15, -0.1) is 5.10 Å². The first-order chi connectivity index (χ1) is 8.94. The van der Waals surface area contributed by atoms with E-state index in [1.54, 1.807) is 11.1 Å². The molecule has 1 unspecified atom stereocenters. The SMILES string of the molecule is CC(C)(C)OC(=O)N1CC2OCc3cnnn3[C@H]2C1. The summed E-state index contributed by atoms with van der Waals surface area (Å²) in [7, 11) is 0. The zero-order valence-corrected chi connectivity index (χ0v) is 11.4. The molecule has 0 bridgehead atoms. The van der Waals surface area contributed by atoms with Gasteiger partial charge in [-0.2, -0.15) is 0 Å². The van der Waals surface area contributed by atoms with Gasteiger partial charge in [-0.25, -0.2) is 9.48 Å². The molecule has 2 aliphatic rings. The minimum Gasteiger partial charge on any atom is -0.444 e. The van der Waals surface area contributed by atoms with Crippen LogP contribution in [0.1, 0.15) is 32.5 Å². The van der Waals surface area contributed by atoms with Crippen molar-refractivity contribution in [3.05, 3.63) is 11.9 Å². The van der Waals surface area contributed by atoms with E-state index in [2.05, 4.69) is 10.3 Å². The topological polar surface area (TPSA) is 69.5 Å².